The normalized spacial score (nSPS) is 24.3. The molecule has 15 heteroatoms. The van der Waals surface area contributed by atoms with Crippen molar-refractivity contribution in [3.63, 3.8) is 0 Å². The van der Waals surface area contributed by atoms with Gasteiger partial charge in [0.05, 0.1) is 10.9 Å². The molecule has 0 saturated carbocycles. The molecule has 2 heterocycles. The molecule has 0 bridgehead atoms. The largest absolute Gasteiger partial charge is 0.435 e. The second-order valence-electron chi connectivity index (χ2n) is 11.6. The smallest absolute Gasteiger partial charge is 0.343 e. The van der Waals surface area contributed by atoms with Crippen LogP contribution in [0.2, 0.25) is 0 Å². The quantitative estimate of drug-likeness (QED) is 0.312. The van der Waals surface area contributed by atoms with E-state index < -0.39 is 55.9 Å². The Hall–Kier alpha value is -3.23. The molecule has 5 rings (SSSR count). The summed E-state index contributed by atoms with van der Waals surface area (Å²) in [6, 6.07) is 4.21. The zero-order chi connectivity index (χ0) is 32.5. The van der Waals surface area contributed by atoms with E-state index in [1.807, 2.05) is 0 Å². The molecule has 0 aromatic heterocycles. The Bertz CT molecular complexity index is 1560. The molecule has 0 radical (unpaired) electrons. The molecular weight excluding hydrogens is 624 g/mol. The van der Waals surface area contributed by atoms with E-state index in [0.29, 0.717) is 31.6 Å². The molecule has 44 heavy (non-hydrogen) atoms. The van der Waals surface area contributed by atoms with Crippen LogP contribution in [0.4, 0.5) is 35.1 Å². The molecule has 6 nitrogen and oxygen atoms in total. The average molecular weight is 653 g/mol. The number of carbonyl (C=O) groups is 2. The predicted octanol–water partition coefficient (Wildman–Crippen LogP) is 5.59. The van der Waals surface area contributed by atoms with E-state index in [2.05, 4.69) is 0 Å². The van der Waals surface area contributed by atoms with Gasteiger partial charge in [-0.1, -0.05) is 18.2 Å². The zero-order valence-electron chi connectivity index (χ0n) is 23.3. The van der Waals surface area contributed by atoms with Gasteiger partial charge in [0.1, 0.15) is 10.6 Å². The Morgan fingerprint density at radius 2 is 1.57 bits per heavy atom. The van der Waals surface area contributed by atoms with Crippen molar-refractivity contribution >= 4 is 21.7 Å². The summed E-state index contributed by atoms with van der Waals surface area (Å²) in [5.74, 6) is -1.48. The lowest BCUT2D eigenvalue weighted by Gasteiger charge is -2.43. The van der Waals surface area contributed by atoms with Gasteiger partial charge in [0.2, 0.25) is 11.8 Å². The maximum Gasteiger partial charge on any atom is 0.435 e. The molecular formula is C29H28F8N2O4S. The monoisotopic (exact) mass is 652 g/mol. The molecule has 3 aliphatic rings. The number of carbonyl (C=O) groups excluding carboxylic acids is 2. The second-order valence-corrected chi connectivity index (χ2v) is 13.8. The van der Waals surface area contributed by atoms with E-state index in [-0.39, 0.29) is 60.1 Å². The SMILES string of the molecule is CC(=O)N1CC[C@@H](CC(=O)N2CC[C@@]3(S(=O)(=O)c4ccc(F)cc4)c4ccc(C(F)(C(F)(F)F)C(F)(F)F)cc4CC[C@@H]23)C1. The molecule has 2 amide bonds. The molecule has 3 atom stereocenters. The molecule has 0 N–H and O–H groups in total. The summed E-state index contributed by atoms with van der Waals surface area (Å²) in [4.78, 5) is 27.9. The van der Waals surface area contributed by atoms with Gasteiger partial charge < -0.3 is 9.80 Å². The average Bonchev–Trinajstić information content (AvgIpc) is 3.57. The van der Waals surface area contributed by atoms with Crippen molar-refractivity contribution in [3.05, 3.63) is 65.0 Å². The van der Waals surface area contributed by atoms with Crippen LogP contribution in [0, 0.1) is 11.7 Å². The molecule has 240 valence electrons. The fourth-order valence-corrected chi connectivity index (χ4v) is 9.37. The fraction of sp³-hybridized carbons (Fsp3) is 0.517. The van der Waals surface area contributed by atoms with Crippen molar-refractivity contribution < 1.29 is 53.1 Å². The van der Waals surface area contributed by atoms with Gasteiger partial charge in [-0.2, -0.15) is 26.3 Å². The third kappa shape index (κ3) is 4.85. The molecule has 0 unspecified atom stereocenters. The first-order chi connectivity index (χ1) is 20.3. The van der Waals surface area contributed by atoms with Gasteiger partial charge in [0.15, 0.2) is 9.84 Å². The van der Waals surface area contributed by atoms with Gasteiger partial charge in [-0.15, -0.1) is 0 Å². The van der Waals surface area contributed by atoms with Gasteiger partial charge in [0.25, 0.3) is 0 Å². The highest BCUT2D eigenvalue weighted by Crippen LogP contribution is 2.56. The molecule has 2 saturated heterocycles. The van der Waals surface area contributed by atoms with Crippen LogP contribution in [0.25, 0.3) is 0 Å². The van der Waals surface area contributed by atoms with Crippen LogP contribution in [-0.2, 0) is 36.3 Å². The minimum absolute atomic E-state index is 0.000285. The number of benzene rings is 2. The van der Waals surface area contributed by atoms with E-state index in [9.17, 15) is 53.1 Å². The number of nitrogens with zero attached hydrogens (tertiary/aromatic N) is 2. The van der Waals surface area contributed by atoms with Gasteiger partial charge in [-0.3, -0.25) is 9.59 Å². The van der Waals surface area contributed by atoms with Crippen molar-refractivity contribution in [2.75, 3.05) is 19.6 Å². The third-order valence-corrected chi connectivity index (χ3v) is 11.7. The number of likely N-dealkylation sites (tertiary alicyclic amines) is 2. The lowest BCUT2D eigenvalue weighted by atomic mass is 9.76. The number of rotatable bonds is 5. The lowest BCUT2D eigenvalue weighted by Crippen LogP contribution is -2.53. The van der Waals surface area contributed by atoms with Crippen molar-refractivity contribution in [2.24, 2.45) is 5.92 Å². The van der Waals surface area contributed by atoms with E-state index in [0.717, 1.165) is 30.3 Å². The Morgan fingerprint density at radius 3 is 2.14 bits per heavy atom. The van der Waals surface area contributed by atoms with E-state index >= 15 is 0 Å². The van der Waals surface area contributed by atoms with Crippen LogP contribution >= 0.6 is 0 Å². The Balaban J connectivity index is 1.60. The number of sulfone groups is 1. The van der Waals surface area contributed by atoms with Crippen LogP contribution < -0.4 is 0 Å². The van der Waals surface area contributed by atoms with E-state index in [1.165, 1.54) is 11.8 Å². The van der Waals surface area contributed by atoms with Gasteiger partial charge in [-0.05, 0) is 67.0 Å². The number of fused-ring (bicyclic) bond motifs is 3. The first kappa shape index (κ1) is 32.2. The van der Waals surface area contributed by atoms with Crippen molar-refractivity contribution in [1.82, 2.24) is 9.80 Å². The van der Waals surface area contributed by atoms with Crippen molar-refractivity contribution in [2.45, 2.75) is 72.7 Å². The Labute approximate surface area is 247 Å². The highest BCUT2D eigenvalue weighted by Gasteiger charge is 2.74. The third-order valence-electron chi connectivity index (χ3n) is 9.18. The van der Waals surface area contributed by atoms with Crippen LogP contribution in [0.1, 0.15) is 49.3 Å². The number of hydrogen-bond acceptors (Lipinski definition) is 4. The summed E-state index contributed by atoms with van der Waals surface area (Å²) in [5.41, 5.74) is -7.79. The van der Waals surface area contributed by atoms with Crippen LogP contribution in [0.15, 0.2) is 47.4 Å². The fourth-order valence-electron chi connectivity index (χ4n) is 7.00. The molecule has 1 aliphatic carbocycles. The topological polar surface area (TPSA) is 74.8 Å². The van der Waals surface area contributed by atoms with E-state index in [1.54, 1.807) is 4.90 Å². The van der Waals surface area contributed by atoms with E-state index in [4.69, 9.17) is 0 Å². The summed E-state index contributed by atoms with van der Waals surface area (Å²) in [5, 5.41) is 0. The number of halogens is 8. The number of amides is 2. The summed E-state index contributed by atoms with van der Waals surface area (Å²) in [7, 11) is -4.56. The first-order valence-electron chi connectivity index (χ1n) is 13.9. The summed E-state index contributed by atoms with van der Waals surface area (Å²) < 4.78 is 137. The molecule has 0 spiro atoms. The molecule has 2 fully saturated rings. The second kappa shape index (κ2) is 10.7. The van der Waals surface area contributed by atoms with Crippen molar-refractivity contribution in [1.29, 1.82) is 0 Å². The maximum absolute atomic E-state index is 15.0. The Kier molecular flexibility index (Phi) is 7.82. The summed E-state index contributed by atoms with van der Waals surface area (Å²) >= 11 is 0. The number of aryl methyl sites for hydroxylation is 1. The van der Waals surface area contributed by atoms with Crippen LogP contribution in [0.5, 0.6) is 0 Å². The van der Waals surface area contributed by atoms with Gasteiger partial charge in [0, 0.05) is 38.5 Å². The molecule has 2 aromatic rings. The predicted molar refractivity (Wildman–Crippen MR) is 140 cm³/mol. The van der Waals surface area contributed by atoms with Gasteiger partial charge >= 0.3 is 18.0 Å². The minimum atomic E-state index is -6.36. The van der Waals surface area contributed by atoms with Crippen LogP contribution in [0.3, 0.4) is 0 Å². The summed E-state index contributed by atoms with van der Waals surface area (Å²) in [6.45, 7) is 2.11. The zero-order valence-corrected chi connectivity index (χ0v) is 24.1. The number of alkyl halides is 7. The maximum atomic E-state index is 15.0. The molecule has 2 aromatic carbocycles. The minimum Gasteiger partial charge on any atom is -0.343 e. The van der Waals surface area contributed by atoms with Crippen LogP contribution in [-0.4, -0.2) is 68.1 Å². The Morgan fingerprint density at radius 1 is 0.932 bits per heavy atom. The highest BCUT2D eigenvalue weighted by atomic mass is 32.2. The van der Waals surface area contributed by atoms with Crippen molar-refractivity contribution in [3.8, 4) is 0 Å². The highest BCUT2D eigenvalue weighted by molar-refractivity contribution is 7.92. The number of hydrogen-bond donors (Lipinski definition) is 0. The first-order valence-corrected chi connectivity index (χ1v) is 15.3. The molecule has 2 aliphatic heterocycles. The lowest BCUT2D eigenvalue weighted by molar-refractivity contribution is -0.348. The summed E-state index contributed by atoms with van der Waals surface area (Å²) in [6.07, 6.45) is -12.8. The van der Waals surface area contributed by atoms with Gasteiger partial charge in [-0.25, -0.2) is 17.2 Å². The standard InChI is InChI=1S/C29H28F8N2O4S/c1-17(40)38-12-10-18(16-38)14-25(41)39-13-11-26(44(42,43)22-6-4-21(30)5-7-22)23-8-3-20(15-19(23)2-9-24(26)39)27(31,28(32,33)34)29(35,36)37/h3-8,15,18,24H,2,9-14,16H2,1H3/t18-,24+,26+/m0/s1.